The summed E-state index contributed by atoms with van der Waals surface area (Å²) < 4.78 is 0. The molecule has 2 atom stereocenters. The van der Waals surface area contributed by atoms with Gasteiger partial charge in [0.1, 0.15) is 0 Å². The van der Waals surface area contributed by atoms with Crippen molar-refractivity contribution in [1.29, 1.82) is 0 Å². The molecule has 0 bridgehead atoms. The maximum absolute atomic E-state index is 10.9. The van der Waals surface area contributed by atoms with Crippen molar-refractivity contribution in [2.24, 2.45) is 5.92 Å². The van der Waals surface area contributed by atoms with Crippen LogP contribution in [0.3, 0.4) is 0 Å². The number of aliphatic carboxylic acids is 2. The van der Waals surface area contributed by atoms with Gasteiger partial charge in [-0.1, -0.05) is 31.2 Å². The third kappa shape index (κ3) is 4.73. The van der Waals surface area contributed by atoms with Gasteiger partial charge in [-0.25, -0.2) is 19.2 Å². The zero-order valence-electron chi connectivity index (χ0n) is 14.3. The number of hydrogen-bond donors (Lipinski definition) is 4. The maximum atomic E-state index is 10.9. The molecule has 0 spiro atoms. The average molecular weight is 397 g/mol. The van der Waals surface area contributed by atoms with Crippen molar-refractivity contribution in [3.63, 3.8) is 0 Å². The number of carboxylic acid groups (broad SMARTS) is 4. The zero-order valence-corrected chi connectivity index (χ0v) is 15.1. The highest BCUT2D eigenvalue weighted by molar-refractivity contribution is 6.36. The van der Waals surface area contributed by atoms with Crippen molar-refractivity contribution in [2.45, 2.75) is 18.7 Å². The first-order chi connectivity index (χ1) is 12.4. The topological polar surface area (TPSA) is 149 Å². The normalized spacial score (nSPS) is 20.7. The van der Waals surface area contributed by atoms with Gasteiger partial charge in [-0.3, -0.25) is 0 Å². The first kappa shape index (κ1) is 21.9. The third-order valence-corrected chi connectivity index (χ3v) is 4.70. The lowest BCUT2D eigenvalue weighted by Gasteiger charge is -2.28. The Hall–Kier alpha value is -3.13. The molecule has 0 aliphatic heterocycles. The van der Waals surface area contributed by atoms with Gasteiger partial charge in [0.2, 0.25) is 0 Å². The molecule has 1 aromatic rings. The molecule has 0 radical (unpaired) electrons. The van der Waals surface area contributed by atoms with E-state index in [0.717, 1.165) is 0 Å². The van der Waals surface area contributed by atoms with E-state index >= 15 is 0 Å². The summed E-state index contributed by atoms with van der Waals surface area (Å²) in [5.41, 5.74) is 0.340. The number of hydrogen-bond acceptors (Lipinski definition) is 4. The lowest BCUT2D eigenvalue weighted by atomic mass is 9.83. The number of carbonyl (C=O) groups is 4. The summed E-state index contributed by atoms with van der Waals surface area (Å²) in [6.07, 6.45) is 4.00. The van der Waals surface area contributed by atoms with E-state index in [2.05, 4.69) is 0 Å². The SMILES string of the molecule is CC1C(C(=O)O)=CC=CC1(Cl)C(=O)O.Cc1c(C(=O)O)cccc1C(=O)O. The fraction of sp³-hybridized carbons (Fsp3) is 0.222. The number of aromatic carboxylic acids is 2. The molecule has 4 N–H and O–H groups in total. The second kappa shape index (κ2) is 8.50. The Morgan fingerprint density at radius 3 is 1.81 bits per heavy atom. The third-order valence-electron chi connectivity index (χ3n) is 4.08. The first-order valence-electron chi connectivity index (χ1n) is 7.54. The molecular weight excluding hydrogens is 380 g/mol. The summed E-state index contributed by atoms with van der Waals surface area (Å²) in [5.74, 6) is -5.37. The van der Waals surface area contributed by atoms with Gasteiger partial charge in [-0.05, 0) is 24.6 Å². The Balaban J connectivity index is 0.000000271. The second-order valence-corrected chi connectivity index (χ2v) is 6.30. The second-order valence-electron chi connectivity index (χ2n) is 5.67. The summed E-state index contributed by atoms with van der Waals surface area (Å²) in [4.78, 5) is 41.1. The smallest absolute Gasteiger partial charge is 0.335 e. The van der Waals surface area contributed by atoms with Gasteiger partial charge in [0.05, 0.1) is 11.1 Å². The van der Waals surface area contributed by atoms with Gasteiger partial charge < -0.3 is 20.4 Å². The molecule has 8 nitrogen and oxygen atoms in total. The van der Waals surface area contributed by atoms with Crippen LogP contribution in [0.1, 0.15) is 33.2 Å². The van der Waals surface area contributed by atoms with E-state index in [1.54, 1.807) is 0 Å². The van der Waals surface area contributed by atoms with Crippen LogP contribution in [0.25, 0.3) is 0 Å². The fourth-order valence-corrected chi connectivity index (χ4v) is 2.61. The standard InChI is InChI=1S/C9H9ClO4.C9H8O4/c1-5-6(7(11)12)3-2-4-9(5,10)8(13)14;1-5-6(8(10)11)3-2-4-7(5)9(12)13/h2-5H,1H3,(H,11,12)(H,13,14);2-4H,1H3,(H,10,11)(H,12,13). The molecule has 27 heavy (non-hydrogen) atoms. The van der Waals surface area contributed by atoms with E-state index in [9.17, 15) is 19.2 Å². The Kier molecular flexibility index (Phi) is 6.90. The molecule has 2 rings (SSSR count). The molecular formula is C18H17ClO8. The van der Waals surface area contributed by atoms with Gasteiger partial charge >= 0.3 is 23.9 Å². The molecule has 0 amide bonds. The number of allylic oxidation sites excluding steroid dienone is 2. The minimum Gasteiger partial charge on any atom is -0.480 e. The lowest BCUT2D eigenvalue weighted by Crippen LogP contribution is -2.40. The number of alkyl halides is 1. The van der Waals surface area contributed by atoms with Gasteiger partial charge in [0.15, 0.2) is 4.87 Å². The summed E-state index contributed by atoms with van der Waals surface area (Å²) in [6.45, 7) is 2.96. The van der Waals surface area contributed by atoms with Gasteiger partial charge in [0, 0.05) is 11.5 Å². The predicted octanol–water partition coefficient (Wildman–Crippen LogP) is 2.66. The van der Waals surface area contributed by atoms with E-state index in [-0.39, 0.29) is 22.3 Å². The Morgan fingerprint density at radius 2 is 1.44 bits per heavy atom. The molecule has 1 aliphatic carbocycles. The van der Waals surface area contributed by atoms with Crippen LogP contribution in [-0.2, 0) is 9.59 Å². The monoisotopic (exact) mass is 396 g/mol. The summed E-state index contributed by atoms with van der Waals surface area (Å²) in [7, 11) is 0. The number of rotatable bonds is 4. The molecule has 9 heteroatoms. The number of halogens is 1. The molecule has 2 unspecified atom stereocenters. The molecule has 0 heterocycles. The van der Waals surface area contributed by atoms with Crippen molar-refractivity contribution in [2.75, 3.05) is 0 Å². The highest BCUT2D eigenvalue weighted by Gasteiger charge is 2.44. The Labute approximate surface area is 159 Å². The van der Waals surface area contributed by atoms with Crippen molar-refractivity contribution >= 4 is 35.5 Å². The van der Waals surface area contributed by atoms with Gasteiger partial charge in [-0.2, -0.15) is 0 Å². The van der Waals surface area contributed by atoms with Crippen molar-refractivity contribution in [3.8, 4) is 0 Å². The summed E-state index contributed by atoms with van der Waals surface area (Å²) in [5, 5.41) is 35.0. The van der Waals surface area contributed by atoms with Crippen LogP contribution in [0.4, 0.5) is 0 Å². The fourth-order valence-electron chi connectivity index (χ4n) is 2.42. The number of benzene rings is 1. The van der Waals surface area contributed by atoms with Crippen LogP contribution in [0.5, 0.6) is 0 Å². The van der Waals surface area contributed by atoms with Gasteiger partial charge in [0.25, 0.3) is 0 Å². The highest BCUT2D eigenvalue weighted by Crippen LogP contribution is 2.35. The van der Waals surface area contributed by atoms with Crippen LogP contribution >= 0.6 is 11.6 Å². The number of carboxylic acids is 4. The lowest BCUT2D eigenvalue weighted by molar-refractivity contribution is -0.140. The van der Waals surface area contributed by atoms with Crippen molar-refractivity contribution in [3.05, 3.63) is 58.7 Å². The van der Waals surface area contributed by atoms with E-state index in [1.165, 1.54) is 50.3 Å². The van der Waals surface area contributed by atoms with Crippen LogP contribution in [0, 0.1) is 12.8 Å². The van der Waals surface area contributed by atoms with Crippen LogP contribution < -0.4 is 0 Å². The largest absolute Gasteiger partial charge is 0.480 e. The van der Waals surface area contributed by atoms with Gasteiger partial charge in [-0.15, -0.1) is 11.6 Å². The quantitative estimate of drug-likeness (QED) is 0.567. The van der Waals surface area contributed by atoms with Crippen LogP contribution in [-0.4, -0.2) is 49.2 Å². The van der Waals surface area contributed by atoms with E-state index in [4.69, 9.17) is 32.0 Å². The van der Waals surface area contributed by atoms with Crippen molar-refractivity contribution < 1.29 is 39.6 Å². The van der Waals surface area contributed by atoms with E-state index < -0.39 is 34.7 Å². The van der Waals surface area contributed by atoms with Crippen LogP contribution in [0.15, 0.2) is 42.0 Å². The summed E-state index contributed by atoms with van der Waals surface area (Å²) >= 11 is 5.81. The molecule has 1 aliphatic rings. The zero-order chi connectivity index (χ0) is 20.9. The Morgan fingerprint density at radius 1 is 0.963 bits per heavy atom. The molecule has 0 aromatic heterocycles. The molecule has 1 aromatic carbocycles. The minimum atomic E-state index is -1.65. The molecule has 0 saturated carbocycles. The van der Waals surface area contributed by atoms with E-state index in [0.29, 0.717) is 0 Å². The minimum absolute atomic E-state index is 0.00454. The Bertz CT molecular complexity index is 823. The maximum Gasteiger partial charge on any atom is 0.335 e. The molecule has 0 fully saturated rings. The molecule has 144 valence electrons. The predicted molar refractivity (Wildman–Crippen MR) is 95.3 cm³/mol. The average Bonchev–Trinajstić information content (AvgIpc) is 2.57. The highest BCUT2D eigenvalue weighted by atomic mass is 35.5. The first-order valence-corrected chi connectivity index (χ1v) is 7.92. The summed E-state index contributed by atoms with van der Waals surface area (Å²) in [6, 6.07) is 4.17. The molecule has 0 saturated heterocycles. The van der Waals surface area contributed by atoms with E-state index in [1.807, 2.05) is 0 Å². The van der Waals surface area contributed by atoms with Crippen molar-refractivity contribution in [1.82, 2.24) is 0 Å². The van der Waals surface area contributed by atoms with Crippen LogP contribution in [0.2, 0.25) is 0 Å².